The van der Waals surface area contributed by atoms with Gasteiger partial charge in [0.05, 0.1) is 18.9 Å². The van der Waals surface area contributed by atoms with Crippen LogP contribution in [0.4, 0.5) is 5.13 Å². The maximum atomic E-state index is 11.6. The molecule has 0 amide bonds. The first-order valence-electron chi connectivity index (χ1n) is 6.61. The quantitative estimate of drug-likeness (QED) is 0.909. The molecule has 1 saturated heterocycles. The predicted molar refractivity (Wildman–Crippen MR) is 80.7 cm³/mol. The normalized spacial score (nSPS) is 15.0. The van der Waals surface area contributed by atoms with Crippen LogP contribution in [-0.2, 0) is 4.74 Å². The summed E-state index contributed by atoms with van der Waals surface area (Å²) in [5.74, 6) is 0. The van der Waals surface area contributed by atoms with E-state index in [2.05, 4.69) is 14.9 Å². The van der Waals surface area contributed by atoms with Gasteiger partial charge < -0.3 is 14.6 Å². The minimum absolute atomic E-state index is 0.108. The van der Waals surface area contributed by atoms with Crippen LogP contribution in [0.2, 0.25) is 0 Å². The summed E-state index contributed by atoms with van der Waals surface area (Å²) in [5.41, 5.74) is 2.05. The van der Waals surface area contributed by atoms with Gasteiger partial charge in [0.15, 0.2) is 5.13 Å². The summed E-state index contributed by atoms with van der Waals surface area (Å²) in [5, 5.41) is 11.9. The second-order valence-corrected chi connectivity index (χ2v) is 5.61. The van der Waals surface area contributed by atoms with Crippen LogP contribution in [0.25, 0.3) is 11.3 Å². The number of aromatic nitrogens is 2. The number of aryl methyl sites for hydroxylation is 1. The van der Waals surface area contributed by atoms with E-state index in [9.17, 15) is 4.79 Å². The van der Waals surface area contributed by atoms with E-state index in [0.717, 1.165) is 35.2 Å². The van der Waals surface area contributed by atoms with Crippen molar-refractivity contribution in [2.24, 2.45) is 0 Å². The molecule has 2 aromatic rings. The molecule has 108 valence electrons. The van der Waals surface area contributed by atoms with Crippen molar-refractivity contribution < 1.29 is 4.74 Å². The molecule has 0 radical (unpaired) electrons. The van der Waals surface area contributed by atoms with Gasteiger partial charge in [0, 0.05) is 29.7 Å². The van der Waals surface area contributed by atoms with Crippen LogP contribution in [0.5, 0.6) is 0 Å². The number of nitriles is 1. The number of nitrogens with zero attached hydrogens (tertiary/aromatic N) is 3. The lowest BCUT2D eigenvalue weighted by Gasteiger charge is -2.26. The van der Waals surface area contributed by atoms with E-state index in [1.807, 2.05) is 18.4 Å². The van der Waals surface area contributed by atoms with E-state index in [0.29, 0.717) is 13.2 Å². The lowest BCUT2D eigenvalue weighted by atomic mass is 10.1. The number of rotatable bonds is 2. The van der Waals surface area contributed by atoms with Crippen molar-refractivity contribution in [3.8, 4) is 17.3 Å². The Morgan fingerprint density at radius 2 is 2.24 bits per heavy atom. The van der Waals surface area contributed by atoms with Gasteiger partial charge in [-0.15, -0.1) is 11.3 Å². The van der Waals surface area contributed by atoms with Crippen LogP contribution in [-0.4, -0.2) is 36.3 Å². The van der Waals surface area contributed by atoms with Gasteiger partial charge >= 0.3 is 0 Å². The monoisotopic (exact) mass is 302 g/mol. The van der Waals surface area contributed by atoms with Gasteiger partial charge in [0.25, 0.3) is 5.56 Å². The second-order valence-electron chi connectivity index (χ2n) is 4.78. The van der Waals surface area contributed by atoms with Crippen molar-refractivity contribution in [2.45, 2.75) is 6.92 Å². The number of hydrogen-bond acceptors (Lipinski definition) is 6. The zero-order valence-corrected chi connectivity index (χ0v) is 12.4. The molecule has 1 aliphatic heterocycles. The number of hydrogen-bond donors (Lipinski definition) is 1. The van der Waals surface area contributed by atoms with Crippen molar-refractivity contribution in [2.75, 3.05) is 31.2 Å². The Bertz CT molecular complexity index is 753. The standard InChI is InChI=1S/C14H14N4O2S/c1-9-11(6-10(7-15)13(19)16-9)12-8-21-14(17-12)18-2-4-20-5-3-18/h6,8H,2-5H2,1H3,(H,16,19). The van der Waals surface area contributed by atoms with E-state index >= 15 is 0 Å². The largest absolute Gasteiger partial charge is 0.378 e. The Labute approximate surface area is 125 Å². The number of anilines is 1. The number of pyridine rings is 1. The van der Waals surface area contributed by atoms with E-state index in [4.69, 9.17) is 10.00 Å². The van der Waals surface area contributed by atoms with Crippen LogP contribution < -0.4 is 10.5 Å². The first-order chi connectivity index (χ1) is 10.2. The number of aromatic amines is 1. The SMILES string of the molecule is Cc1[nH]c(=O)c(C#N)cc1-c1csc(N2CCOCC2)n1. The first kappa shape index (κ1) is 13.8. The number of H-pyrrole nitrogens is 1. The molecular weight excluding hydrogens is 288 g/mol. The molecule has 1 N–H and O–H groups in total. The van der Waals surface area contributed by atoms with Crippen LogP contribution in [0.15, 0.2) is 16.2 Å². The lowest BCUT2D eigenvalue weighted by molar-refractivity contribution is 0.122. The maximum absolute atomic E-state index is 11.6. The average molecular weight is 302 g/mol. The van der Waals surface area contributed by atoms with Crippen LogP contribution >= 0.6 is 11.3 Å². The van der Waals surface area contributed by atoms with Crippen LogP contribution in [0, 0.1) is 18.3 Å². The zero-order valence-electron chi connectivity index (χ0n) is 11.5. The Balaban J connectivity index is 1.96. The minimum atomic E-state index is -0.359. The van der Waals surface area contributed by atoms with E-state index in [-0.39, 0.29) is 11.1 Å². The molecule has 7 heteroatoms. The van der Waals surface area contributed by atoms with E-state index in [1.54, 1.807) is 17.4 Å². The summed E-state index contributed by atoms with van der Waals surface area (Å²) in [4.78, 5) is 21.1. The molecule has 1 fully saturated rings. The summed E-state index contributed by atoms with van der Waals surface area (Å²) in [6.45, 7) is 4.91. The highest BCUT2D eigenvalue weighted by Crippen LogP contribution is 2.29. The number of morpholine rings is 1. The van der Waals surface area contributed by atoms with E-state index in [1.165, 1.54) is 0 Å². The van der Waals surface area contributed by atoms with Gasteiger partial charge in [0.1, 0.15) is 11.6 Å². The molecule has 0 saturated carbocycles. The lowest BCUT2D eigenvalue weighted by Crippen LogP contribution is -2.36. The molecule has 6 nitrogen and oxygen atoms in total. The van der Waals surface area contributed by atoms with Crippen LogP contribution in [0.1, 0.15) is 11.3 Å². The minimum Gasteiger partial charge on any atom is -0.378 e. The number of thiazole rings is 1. The molecule has 1 aliphatic rings. The molecule has 0 aliphatic carbocycles. The third kappa shape index (κ3) is 2.68. The average Bonchev–Trinajstić information content (AvgIpc) is 2.98. The molecular formula is C14H14N4O2S. The van der Waals surface area contributed by atoms with Gasteiger partial charge in [-0.2, -0.15) is 5.26 Å². The van der Waals surface area contributed by atoms with Gasteiger partial charge in [-0.25, -0.2) is 4.98 Å². The maximum Gasteiger partial charge on any atom is 0.266 e. The topological polar surface area (TPSA) is 82.0 Å². The summed E-state index contributed by atoms with van der Waals surface area (Å²) >= 11 is 1.56. The molecule has 21 heavy (non-hydrogen) atoms. The fourth-order valence-electron chi connectivity index (χ4n) is 2.26. The summed E-state index contributed by atoms with van der Waals surface area (Å²) in [6, 6.07) is 3.51. The van der Waals surface area contributed by atoms with Crippen molar-refractivity contribution in [3.05, 3.63) is 33.1 Å². The molecule has 0 spiro atoms. The fourth-order valence-corrected chi connectivity index (χ4v) is 3.14. The second kappa shape index (κ2) is 5.68. The molecule has 0 unspecified atom stereocenters. The first-order valence-corrected chi connectivity index (χ1v) is 7.49. The highest BCUT2D eigenvalue weighted by molar-refractivity contribution is 7.14. The molecule has 0 bridgehead atoms. The van der Waals surface area contributed by atoms with Crippen molar-refractivity contribution in [1.29, 1.82) is 5.26 Å². The van der Waals surface area contributed by atoms with Gasteiger partial charge in [-0.05, 0) is 13.0 Å². The molecule has 0 aromatic carbocycles. The van der Waals surface area contributed by atoms with Crippen molar-refractivity contribution in [3.63, 3.8) is 0 Å². The Hall–Kier alpha value is -2.17. The number of ether oxygens (including phenoxy) is 1. The summed E-state index contributed by atoms with van der Waals surface area (Å²) in [7, 11) is 0. The smallest absolute Gasteiger partial charge is 0.266 e. The van der Waals surface area contributed by atoms with Crippen molar-refractivity contribution in [1.82, 2.24) is 9.97 Å². The van der Waals surface area contributed by atoms with Crippen LogP contribution in [0.3, 0.4) is 0 Å². The predicted octanol–water partition coefficient (Wildman–Crippen LogP) is 1.52. The number of nitrogens with one attached hydrogen (secondary N) is 1. The van der Waals surface area contributed by atoms with Gasteiger partial charge in [-0.3, -0.25) is 4.79 Å². The third-order valence-corrected chi connectivity index (χ3v) is 4.31. The highest BCUT2D eigenvalue weighted by atomic mass is 32.1. The van der Waals surface area contributed by atoms with Gasteiger partial charge in [-0.1, -0.05) is 0 Å². The third-order valence-electron chi connectivity index (χ3n) is 3.41. The van der Waals surface area contributed by atoms with E-state index < -0.39 is 0 Å². The molecule has 0 atom stereocenters. The summed E-state index contributed by atoms with van der Waals surface area (Å²) in [6.07, 6.45) is 0. The Kier molecular flexibility index (Phi) is 3.73. The zero-order chi connectivity index (χ0) is 14.8. The Morgan fingerprint density at radius 1 is 1.48 bits per heavy atom. The summed E-state index contributed by atoms with van der Waals surface area (Å²) < 4.78 is 5.33. The molecule has 3 heterocycles. The van der Waals surface area contributed by atoms with Gasteiger partial charge in [0.2, 0.25) is 0 Å². The van der Waals surface area contributed by atoms with Crippen molar-refractivity contribution >= 4 is 16.5 Å². The fraction of sp³-hybridized carbons (Fsp3) is 0.357. The Morgan fingerprint density at radius 3 is 2.95 bits per heavy atom. The molecule has 2 aromatic heterocycles. The highest BCUT2D eigenvalue weighted by Gasteiger charge is 2.16. The molecule has 3 rings (SSSR count).